The van der Waals surface area contributed by atoms with E-state index in [1.807, 2.05) is 12.1 Å². The van der Waals surface area contributed by atoms with E-state index in [1.165, 1.54) is 0 Å². The van der Waals surface area contributed by atoms with Crippen LogP contribution in [0.4, 0.5) is 0 Å². The minimum absolute atomic E-state index is 0.0925. The van der Waals surface area contributed by atoms with Crippen LogP contribution in [0.1, 0.15) is 21.6 Å². The monoisotopic (exact) mass is 237 g/mol. The molecule has 1 heterocycles. The van der Waals surface area contributed by atoms with E-state index < -0.39 is 5.97 Å². The Balaban J connectivity index is 2.23. The van der Waals surface area contributed by atoms with Crippen LogP contribution in [-0.2, 0) is 6.42 Å². The van der Waals surface area contributed by atoms with Crippen LogP contribution in [0, 0.1) is 0 Å². The summed E-state index contributed by atoms with van der Waals surface area (Å²) in [7, 11) is 0. The van der Waals surface area contributed by atoms with Gasteiger partial charge in [-0.15, -0.1) is 0 Å². The highest BCUT2D eigenvalue weighted by molar-refractivity contribution is 6.30. The highest BCUT2D eigenvalue weighted by atomic mass is 35.5. The fraction of sp³-hybridized carbons (Fsp3) is 0.0909. The molecule has 16 heavy (non-hydrogen) atoms. The summed E-state index contributed by atoms with van der Waals surface area (Å²) in [4.78, 5) is 10.8. The molecular weight excluding hydrogens is 230 g/mol. The maximum absolute atomic E-state index is 10.8. The molecule has 1 aromatic carbocycles. The molecule has 2 aromatic rings. The van der Waals surface area contributed by atoms with Gasteiger partial charge in [-0.05, 0) is 17.7 Å². The van der Waals surface area contributed by atoms with Gasteiger partial charge in [0, 0.05) is 11.4 Å². The predicted molar refractivity (Wildman–Crippen MR) is 57.7 cm³/mol. The van der Waals surface area contributed by atoms with Crippen LogP contribution in [0.15, 0.2) is 35.1 Å². The molecule has 82 valence electrons. The van der Waals surface area contributed by atoms with Crippen LogP contribution < -0.4 is 0 Å². The van der Waals surface area contributed by atoms with E-state index in [2.05, 4.69) is 9.68 Å². The number of hydrogen-bond donors (Lipinski definition) is 1. The Bertz CT molecular complexity index is 504. The Morgan fingerprint density at radius 1 is 1.38 bits per heavy atom. The number of nitrogens with zero attached hydrogens (tertiary/aromatic N) is 1. The van der Waals surface area contributed by atoms with Crippen molar-refractivity contribution in [2.24, 2.45) is 0 Å². The van der Waals surface area contributed by atoms with Crippen molar-refractivity contribution < 1.29 is 14.4 Å². The summed E-state index contributed by atoms with van der Waals surface area (Å²) in [5.41, 5.74) is 1.44. The quantitative estimate of drug-likeness (QED) is 0.891. The van der Waals surface area contributed by atoms with Crippen LogP contribution in [0.3, 0.4) is 0 Å². The van der Waals surface area contributed by atoms with E-state index in [0.717, 1.165) is 11.8 Å². The van der Waals surface area contributed by atoms with Crippen molar-refractivity contribution in [3.05, 3.63) is 52.4 Å². The molecule has 0 saturated carbocycles. The van der Waals surface area contributed by atoms with Crippen LogP contribution in [0.2, 0.25) is 5.02 Å². The lowest BCUT2D eigenvalue weighted by molar-refractivity contribution is 0.0695. The summed E-state index contributed by atoms with van der Waals surface area (Å²) in [6, 6.07) is 7.14. The number of aromatic carboxylic acids is 1. The van der Waals surface area contributed by atoms with Crippen LogP contribution >= 0.6 is 11.6 Å². The Morgan fingerprint density at radius 2 is 2.06 bits per heavy atom. The van der Waals surface area contributed by atoms with Crippen molar-refractivity contribution in [1.82, 2.24) is 5.16 Å². The second kappa shape index (κ2) is 4.37. The van der Waals surface area contributed by atoms with Crippen molar-refractivity contribution in [2.75, 3.05) is 0 Å². The van der Waals surface area contributed by atoms with Crippen LogP contribution in [0.25, 0.3) is 0 Å². The minimum Gasteiger partial charge on any atom is -0.478 e. The first kappa shape index (κ1) is 10.7. The van der Waals surface area contributed by atoms with E-state index in [4.69, 9.17) is 16.7 Å². The largest absolute Gasteiger partial charge is 0.478 e. The van der Waals surface area contributed by atoms with E-state index in [9.17, 15) is 4.79 Å². The number of halogens is 1. The zero-order valence-corrected chi connectivity index (χ0v) is 8.94. The van der Waals surface area contributed by atoms with Crippen molar-refractivity contribution in [3.63, 3.8) is 0 Å². The van der Waals surface area contributed by atoms with Gasteiger partial charge in [-0.25, -0.2) is 4.79 Å². The average Bonchev–Trinajstić information content (AvgIpc) is 2.69. The van der Waals surface area contributed by atoms with Gasteiger partial charge in [0.2, 0.25) is 0 Å². The fourth-order valence-electron chi connectivity index (χ4n) is 1.36. The van der Waals surface area contributed by atoms with Gasteiger partial charge in [0.25, 0.3) is 0 Å². The van der Waals surface area contributed by atoms with E-state index in [-0.39, 0.29) is 5.56 Å². The summed E-state index contributed by atoms with van der Waals surface area (Å²) in [5, 5.41) is 13.2. The Kier molecular flexibility index (Phi) is 2.92. The maximum Gasteiger partial charge on any atom is 0.340 e. The molecule has 0 spiro atoms. The van der Waals surface area contributed by atoms with Gasteiger partial charge >= 0.3 is 5.97 Å². The van der Waals surface area contributed by atoms with Crippen molar-refractivity contribution in [3.8, 4) is 0 Å². The second-order valence-electron chi connectivity index (χ2n) is 3.28. The maximum atomic E-state index is 10.8. The Morgan fingerprint density at radius 3 is 2.69 bits per heavy atom. The van der Waals surface area contributed by atoms with E-state index in [1.54, 1.807) is 12.1 Å². The molecule has 2 rings (SSSR count). The topological polar surface area (TPSA) is 63.3 Å². The molecule has 0 unspecified atom stereocenters. The van der Waals surface area contributed by atoms with Gasteiger partial charge in [-0.2, -0.15) is 0 Å². The summed E-state index contributed by atoms with van der Waals surface area (Å²) in [5.74, 6) is -1.04. The molecule has 0 saturated heterocycles. The lowest BCUT2D eigenvalue weighted by Crippen LogP contribution is -2.00. The van der Waals surface area contributed by atoms with Gasteiger partial charge in [0.15, 0.2) is 0 Å². The predicted octanol–water partition coefficient (Wildman–Crippen LogP) is 2.62. The van der Waals surface area contributed by atoms with Gasteiger partial charge in [-0.3, -0.25) is 0 Å². The second-order valence-corrected chi connectivity index (χ2v) is 3.72. The molecule has 4 nitrogen and oxygen atoms in total. The Hall–Kier alpha value is -1.81. The lowest BCUT2D eigenvalue weighted by Gasteiger charge is -1.98. The number of benzene rings is 1. The summed E-state index contributed by atoms with van der Waals surface area (Å²) in [6.45, 7) is 0. The molecule has 5 heteroatoms. The van der Waals surface area contributed by atoms with E-state index >= 15 is 0 Å². The van der Waals surface area contributed by atoms with E-state index in [0.29, 0.717) is 17.1 Å². The average molecular weight is 238 g/mol. The molecule has 0 amide bonds. The molecule has 1 N–H and O–H groups in total. The third kappa shape index (κ3) is 2.23. The van der Waals surface area contributed by atoms with Crippen LogP contribution in [0.5, 0.6) is 0 Å². The minimum atomic E-state index is -1.04. The SMILES string of the molecule is O=C(O)c1conc1Cc1ccc(Cl)cc1. The normalized spacial score (nSPS) is 10.3. The van der Waals surface area contributed by atoms with Gasteiger partial charge in [0.05, 0.1) is 0 Å². The Labute approximate surface area is 96.4 Å². The molecule has 0 radical (unpaired) electrons. The first-order valence-electron chi connectivity index (χ1n) is 4.58. The molecule has 0 aliphatic rings. The summed E-state index contributed by atoms with van der Waals surface area (Å²) >= 11 is 5.75. The highest BCUT2D eigenvalue weighted by Crippen LogP contribution is 2.15. The van der Waals surface area contributed by atoms with Crippen LogP contribution in [-0.4, -0.2) is 16.2 Å². The van der Waals surface area contributed by atoms with Crippen molar-refractivity contribution in [2.45, 2.75) is 6.42 Å². The molecular formula is C11H8ClNO3. The first-order chi connectivity index (χ1) is 7.66. The highest BCUT2D eigenvalue weighted by Gasteiger charge is 2.14. The number of carboxylic acids is 1. The fourth-order valence-corrected chi connectivity index (χ4v) is 1.48. The zero-order valence-electron chi connectivity index (χ0n) is 8.18. The molecule has 0 bridgehead atoms. The smallest absolute Gasteiger partial charge is 0.340 e. The number of carbonyl (C=O) groups is 1. The third-order valence-electron chi connectivity index (χ3n) is 2.16. The standard InChI is InChI=1S/C11H8ClNO3/c12-8-3-1-7(2-4-8)5-10-9(11(14)15)6-16-13-10/h1-4,6H,5H2,(H,14,15). The van der Waals surface area contributed by atoms with Crippen molar-refractivity contribution in [1.29, 1.82) is 0 Å². The number of rotatable bonds is 3. The molecule has 0 fully saturated rings. The zero-order chi connectivity index (χ0) is 11.5. The van der Waals surface area contributed by atoms with Crippen molar-refractivity contribution >= 4 is 17.6 Å². The lowest BCUT2D eigenvalue weighted by atomic mass is 10.1. The number of carboxylic acid groups (broad SMARTS) is 1. The molecule has 0 aliphatic heterocycles. The molecule has 0 aliphatic carbocycles. The molecule has 0 atom stereocenters. The summed E-state index contributed by atoms with van der Waals surface area (Å²) < 4.78 is 4.65. The summed E-state index contributed by atoms with van der Waals surface area (Å²) in [6.07, 6.45) is 1.54. The van der Waals surface area contributed by atoms with Gasteiger partial charge < -0.3 is 9.63 Å². The number of aromatic nitrogens is 1. The third-order valence-corrected chi connectivity index (χ3v) is 2.41. The van der Waals surface area contributed by atoms with Gasteiger partial charge in [-0.1, -0.05) is 28.9 Å². The first-order valence-corrected chi connectivity index (χ1v) is 4.95. The van der Waals surface area contributed by atoms with Gasteiger partial charge in [0.1, 0.15) is 17.5 Å². The molecule has 1 aromatic heterocycles. The number of hydrogen-bond acceptors (Lipinski definition) is 3.